The van der Waals surface area contributed by atoms with Gasteiger partial charge in [-0.3, -0.25) is 0 Å². The largest absolute Gasteiger partial charge is 0.389 e. The van der Waals surface area contributed by atoms with Crippen molar-refractivity contribution in [1.82, 2.24) is 5.32 Å². The second-order valence-electron chi connectivity index (χ2n) is 4.88. The maximum Gasteiger partial charge on any atom is 0.389 e. The molecule has 18 heavy (non-hydrogen) atoms. The number of ether oxygens (including phenoxy) is 1. The van der Waals surface area contributed by atoms with Crippen LogP contribution in [0.1, 0.15) is 52.9 Å². The number of rotatable bonds is 9. The topological polar surface area (TPSA) is 21.3 Å². The van der Waals surface area contributed by atoms with Crippen LogP contribution in [0, 0.1) is 0 Å². The van der Waals surface area contributed by atoms with Gasteiger partial charge in [0.15, 0.2) is 0 Å². The van der Waals surface area contributed by atoms with Crippen LogP contribution in [0.3, 0.4) is 0 Å². The number of hydrogen-bond donors (Lipinski definition) is 1. The Balaban J connectivity index is 4.39. The van der Waals surface area contributed by atoms with E-state index in [1.807, 2.05) is 20.8 Å². The Morgan fingerprint density at radius 3 is 2.22 bits per heavy atom. The Hall–Kier alpha value is -0.290. The van der Waals surface area contributed by atoms with Gasteiger partial charge in [-0.25, -0.2) is 0 Å². The van der Waals surface area contributed by atoms with Crippen molar-refractivity contribution in [3.8, 4) is 0 Å². The van der Waals surface area contributed by atoms with E-state index in [1.165, 1.54) is 0 Å². The monoisotopic (exact) mass is 269 g/mol. The van der Waals surface area contributed by atoms with Crippen LogP contribution in [-0.2, 0) is 4.74 Å². The number of hydrogen-bond acceptors (Lipinski definition) is 2. The smallest absolute Gasteiger partial charge is 0.377 e. The third-order valence-electron chi connectivity index (χ3n) is 3.50. The number of halogens is 3. The zero-order chi connectivity index (χ0) is 14.2. The third-order valence-corrected chi connectivity index (χ3v) is 3.50. The maximum atomic E-state index is 12.2. The zero-order valence-electron chi connectivity index (χ0n) is 11.9. The second kappa shape index (κ2) is 8.00. The average Bonchev–Trinajstić information content (AvgIpc) is 2.31. The van der Waals surface area contributed by atoms with Crippen LogP contribution in [0.25, 0.3) is 0 Å². The van der Waals surface area contributed by atoms with Gasteiger partial charge in [-0.2, -0.15) is 13.2 Å². The maximum absolute atomic E-state index is 12.2. The van der Waals surface area contributed by atoms with Crippen molar-refractivity contribution in [3.05, 3.63) is 0 Å². The molecule has 1 N–H and O–H groups in total. The lowest BCUT2D eigenvalue weighted by molar-refractivity contribution is -0.137. The summed E-state index contributed by atoms with van der Waals surface area (Å²) in [6.07, 6.45) is -2.43. The molecule has 0 aliphatic rings. The van der Waals surface area contributed by atoms with Crippen LogP contribution < -0.4 is 5.32 Å². The van der Waals surface area contributed by atoms with E-state index in [2.05, 4.69) is 5.32 Å². The summed E-state index contributed by atoms with van der Waals surface area (Å²) in [5, 5.41) is 3.31. The highest BCUT2D eigenvalue weighted by atomic mass is 19.4. The summed E-state index contributed by atoms with van der Waals surface area (Å²) in [6, 6.07) is -0.0326. The molecule has 0 aromatic carbocycles. The predicted molar refractivity (Wildman–Crippen MR) is 67.7 cm³/mol. The van der Waals surface area contributed by atoms with Crippen molar-refractivity contribution in [2.75, 3.05) is 13.7 Å². The summed E-state index contributed by atoms with van der Waals surface area (Å²) < 4.78 is 42.0. The van der Waals surface area contributed by atoms with Crippen molar-refractivity contribution < 1.29 is 17.9 Å². The molecule has 5 heteroatoms. The molecule has 2 nitrogen and oxygen atoms in total. The normalized spacial score (nSPS) is 17.5. The highest BCUT2D eigenvalue weighted by Gasteiger charge is 2.33. The molecule has 0 aromatic rings. The summed E-state index contributed by atoms with van der Waals surface area (Å²) in [5.41, 5.74) is -0.402. The van der Waals surface area contributed by atoms with E-state index in [-0.39, 0.29) is 12.5 Å². The molecule has 0 rings (SSSR count). The molecule has 0 saturated heterocycles. The lowest BCUT2D eigenvalue weighted by atomic mass is 9.89. The van der Waals surface area contributed by atoms with E-state index in [4.69, 9.17) is 4.74 Å². The first-order valence-electron chi connectivity index (χ1n) is 6.64. The molecule has 0 spiro atoms. The molecule has 0 fully saturated rings. The quantitative estimate of drug-likeness (QED) is 0.685. The first kappa shape index (κ1) is 17.7. The fraction of sp³-hybridized carbons (Fsp3) is 1.00. The van der Waals surface area contributed by atoms with Crippen molar-refractivity contribution in [2.45, 2.75) is 70.7 Å². The minimum atomic E-state index is -4.06. The van der Waals surface area contributed by atoms with E-state index < -0.39 is 18.2 Å². The Bertz CT molecular complexity index is 215. The third kappa shape index (κ3) is 6.59. The van der Waals surface area contributed by atoms with E-state index in [9.17, 15) is 13.2 Å². The van der Waals surface area contributed by atoms with Gasteiger partial charge < -0.3 is 10.1 Å². The van der Waals surface area contributed by atoms with E-state index in [0.717, 1.165) is 19.4 Å². The number of methoxy groups -OCH3 is 1. The van der Waals surface area contributed by atoms with Crippen molar-refractivity contribution in [1.29, 1.82) is 0 Å². The summed E-state index contributed by atoms with van der Waals surface area (Å²) in [6.45, 7) is 6.79. The lowest BCUT2D eigenvalue weighted by Gasteiger charge is -2.36. The molecule has 0 bridgehead atoms. The van der Waals surface area contributed by atoms with Crippen LogP contribution in [-0.4, -0.2) is 31.5 Å². The Labute approximate surface area is 108 Å². The van der Waals surface area contributed by atoms with Gasteiger partial charge in [0.25, 0.3) is 0 Å². The summed E-state index contributed by atoms with van der Waals surface area (Å²) >= 11 is 0. The molecular formula is C13H26F3NO. The molecule has 2 unspecified atom stereocenters. The highest BCUT2D eigenvalue weighted by Crippen LogP contribution is 2.27. The van der Waals surface area contributed by atoms with Crippen molar-refractivity contribution >= 4 is 0 Å². The van der Waals surface area contributed by atoms with Crippen LogP contribution in [0.15, 0.2) is 0 Å². The number of nitrogens with one attached hydrogen (secondary N) is 1. The van der Waals surface area contributed by atoms with Gasteiger partial charge in [0.2, 0.25) is 0 Å². The van der Waals surface area contributed by atoms with Gasteiger partial charge in [0, 0.05) is 19.6 Å². The fourth-order valence-corrected chi connectivity index (χ4v) is 1.98. The van der Waals surface area contributed by atoms with E-state index in [0.29, 0.717) is 6.42 Å². The highest BCUT2D eigenvalue weighted by molar-refractivity contribution is 4.88. The summed E-state index contributed by atoms with van der Waals surface area (Å²) in [4.78, 5) is 0. The van der Waals surface area contributed by atoms with Gasteiger partial charge >= 0.3 is 6.18 Å². The SMILES string of the molecule is CCCNC(CCCC(F)(F)F)C(C)(CC)OC. The first-order valence-corrected chi connectivity index (χ1v) is 6.64. The van der Waals surface area contributed by atoms with Gasteiger partial charge in [-0.15, -0.1) is 0 Å². The molecule has 2 atom stereocenters. The van der Waals surface area contributed by atoms with E-state index in [1.54, 1.807) is 7.11 Å². The van der Waals surface area contributed by atoms with Crippen molar-refractivity contribution in [3.63, 3.8) is 0 Å². The average molecular weight is 269 g/mol. The fourth-order valence-electron chi connectivity index (χ4n) is 1.98. The van der Waals surface area contributed by atoms with Crippen LogP contribution in [0.4, 0.5) is 13.2 Å². The summed E-state index contributed by atoms with van der Waals surface area (Å²) in [7, 11) is 1.62. The molecular weight excluding hydrogens is 243 g/mol. The van der Waals surface area contributed by atoms with Gasteiger partial charge in [-0.1, -0.05) is 13.8 Å². The summed E-state index contributed by atoms with van der Waals surface area (Å²) in [5.74, 6) is 0. The Kier molecular flexibility index (Phi) is 7.87. The second-order valence-corrected chi connectivity index (χ2v) is 4.88. The van der Waals surface area contributed by atoms with Crippen molar-refractivity contribution in [2.24, 2.45) is 0 Å². The van der Waals surface area contributed by atoms with Crippen LogP contribution in [0.5, 0.6) is 0 Å². The van der Waals surface area contributed by atoms with E-state index >= 15 is 0 Å². The standard InChI is InChI=1S/C13H26F3NO/c1-5-10-17-11(12(3,6-2)18-4)8-7-9-13(14,15)16/h11,17H,5-10H2,1-4H3. The number of alkyl halides is 3. The van der Waals surface area contributed by atoms with Crippen LogP contribution in [0.2, 0.25) is 0 Å². The molecule has 0 radical (unpaired) electrons. The van der Waals surface area contributed by atoms with Gasteiger partial charge in [0.1, 0.15) is 0 Å². The molecule has 0 aromatic heterocycles. The Morgan fingerprint density at radius 2 is 1.83 bits per heavy atom. The lowest BCUT2D eigenvalue weighted by Crippen LogP contribution is -2.50. The zero-order valence-corrected chi connectivity index (χ0v) is 11.9. The minimum Gasteiger partial charge on any atom is -0.377 e. The van der Waals surface area contributed by atoms with Crippen LogP contribution >= 0.6 is 0 Å². The van der Waals surface area contributed by atoms with Gasteiger partial charge in [-0.05, 0) is 39.2 Å². The molecule has 0 saturated carbocycles. The Morgan fingerprint density at radius 1 is 1.22 bits per heavy atom. The first-order chi connectivity index (χ1) is 8.29. The minimum absolute atomic E-state index is 0.0326. The predicted octanol–water partition coefficient (Wildman–Crippen LogP) is 3.90. The molecule has 0 aliphatic carbocycles. The molecule has 110 valence electrons. The molecule has 0 aliphatic heterocycles. The molecule has 0 heterocycles. The molecule has 0 amide bonds. The van der Waals surface area contributed by atoms with Gasteiger partial charge in [0.05, 0.1) is 5.60 Å².